The number of carbonyl (C=O) groups is 1. The summed E-state index contributed by atoms with van der Waals surface area (Å²) in [5.74, 6) is -1.93. The molecule has 0 atom stereocenters. The largest absolute Gasteiger partial charge is 0.497 e. The number of hydrogen-bond donors (Lipinski definition) is 2. The zero-order valence-electron chi connectivity index (χ0n) is 17.7. The maximum Gasteiger partial charge on any atom is 0.255 e. The number of aromatic nitrogens is 2. The highest BCUT2D eigenvalue weighted by molar-refractivity contribution is 5.85. The molecule has 0 saturated carbocycles. The first-order valence-electron chi connectivity index (χ1n) is 9.76. The normalized spacial score (nSPS) is 10.9. The van der Waals surface area contributed by atoms with Crippen LogP contribution in [0.25, 0.3) is 16.9 Å². The van der Waals surface area contributed by atoms with Crippen molar-refractivity contribution >= 4 is 23.1 Å². The number of anilines is 2. The second kappa shape index (κ2) is 8.73. The van der Waals surface area contributed by atoms with Crippen LogP contribution >= 0.6 is 0 Å². The molecule has 3 N–H and O–H groups in total. The van der Waals surface area contributed by atoms with Gasteiger partial charge in [-0.15, -0.1) is 0 Å². The summed E-state index contributed by atoms with van der Waals surface area (Å²) in [6.07, 6.45) is 1.18. The molecule has 2 aromatic heterocycles. The number of carbonyl (C=O) groups excluding carboxylic acids is 1. The van der Waals surface area contributed by atoms with Crippen LogP contribution in [0.1, 0.15) is 5.56 Å². The number of fused-ring (bicyclic) bond motifs is 1. The zero-order valence-corrected chi connectivity index (χ0v) is 17.7. The van der Waals surface area contributed by atoms with Crippen LogP contribution in [0.4, 0.5) is 24.7 Å². The third kappa shape index (κ3) is 4.40. The highest BCUT2D eigenvalue weighted by Crippen LogP contribution is 2.41. The zero-order chi connectivity index (χ0) is 23.7. The maximum absolute atomic E-state index is 14.4. The van der Waals surface area contributed by atoms with Gasteiger partial charge in [-0.05, 0) is 42.8 Å². The Morgan fingerprint density at radius 1 is 1.12 bits per heavy atom. The molecule has 4 rings (SSSR count). The number of nitrogens with zero attached hydrogens (tertiary/aromatic N) is 2. The van der Waals surface area contributed by atoms with E-state index in [9.17, 15) is 18.0 Å². The van der Waals surface area contributed by atoms with E-state index in [1.165, 1.54) is 35.9 Å². The Morgan fingerprint density at radius 3 is 2.58 bits per heavy atom. The Bertz CT molecular complexity index is 1370. The average molecular weight is 456 g/mol. The molecule has 4 aromatic rings. The highest BCUT2D eigenvalue weighted by atomic mass is 19.1. The summed E-state index contributed by atoms with van der Waals surface area (Å²) in [6, 6.07) is 9.00. The Kier molecular flexibility index (Phi) is 5.82. The number of halogens is 3. The van der Waals surface area contributed by atoms with Gasteiger partial charge in [0.2, 0.25) is 0 Å². The number of rotatable bonds is 7. The first-order chi connectivity index (χ1) is 15.8. The van der Waals surface area contributed by atoms with Crippen molar-refractivity contribution in [3.05, 3.63) is 71.7 Å². The van der Waals surface area contributed by atoms with Crippen molar-refractivity contribution in [2.45, 2.75) is 6.92 Å². The van der Waals surface area contributed by atoms with E-state index in [1.807, 2.05) is 0 Å². The van der Waals surface area contributed by atoms with Crippen LogP contribution in [0.2, 0.25) is 0 Å². The average Bonchev–Trinajstić information content (AvgIpc) is 3.10. The monoisotopic (exact) mass is 456 g/mol. The summed E-state index contributed by atoms with van der Waals surface area (Å²) < 4.78 is 54.2. The number of nitrogens with two attached hydrogens (primary N) is 1. The lowest BCUT2D eigenvalue weighted by atomic mass is 10.0. The van der Waals surface area contributed by atoms with E-state index in [2.05, 4.69) is 10.3 Å². The molecule has 170 valence electrons. The van der Waals surface area contributed by atoms with Crippen LogP contribution in [0.3, 0.4) is 0 Å². The van der Waals surface area contributed by atoms with E-state index >= 15 is 0 Å². The van der Waals surface area contributed by atoms with Gasteiger partial charge < -0.3 is 20.5 Å². The standard InChI is InChI=1S/C23H19F3N4O3/c1-12-7-15(32-2)9-18(33-11-19(27)31)21(12)22-23(28-17-5-3-13(24)8-16(17)26)30-10-14(25)4-6-20(30)29-22/h3-10,28H,11H2,1-2H3,(H2,27,31). The van der Waals surface area contributed by atoms with Crippen molar-refractivity contribution in [1.29, 1.82) is 0 Å². The number of primary amides is 1. The van der Waals surface area contributed by atoms with Crippen LogP contribution in [-0.2, 0) is 4.79 Å². The van der Waals surface area contributed by atoms with Gasteiger partial charge in [0.25, 0.3) is 5.91 Å². The fourth-order valence-electron chi connectivity index (χ4n) is 3.44. The van der Waals surface area contributed by atoms with Crippen molar-refractivity contribution in [3.63, 3.8) is 0 Å². The molecule has 0 aliphatic heterocycles. The quantitative estimate of drug-likeness (QED) is 0.432. The summed E-state index contributed by atoms with van der Waals surface area (Å²) in [7, 11) is 1.48. The minimum absolute atomic E-state index is 0.0468. The van der Waals surface area contributed by atoms with Crippen LogP contribution in [0.15, 0.2) is 48.7 Å². The van der Waals surface area contributed by atoms with Crippen molar-refractivity contribution in [1.82, 2.24) is 9.38 Å². The number of ether oxygens (including phenoxy) is 2. The number of aryl methyl sites for hydroxylation is 1. The number of methoxy groups -OCH3 is 1. The van der Waals surface area contributed by atoms with E-state index < -0.39 is 30.0 Å². The lowest BCUT2D eigenvalue weighted by molar-refractivity contribution is -0.119. The molecule has 0 spiro atoms. The van der Waals surface area contributed by atoms with Gasteiger partial charge in [0, 0.05) is 23.9 Å². The van der Waals surface area contributed by atoms with Crippen molar-refractivity contribution < 1.29 is 27.4 Å². The van der Waals surface area contributed by atoms with Crippen molar-refractivity contribution in [2.24, 2.45) is 5.73 Å². The van der Waals surface area contributed by atoms with Crippen LogP contribution < -0.4 is 20.5 Å². The third-order valence-electron chi connectivity index (χ3n) is 4.88. The van der Waals surface area contributed by atoms with Gasteiger partial charge in [-0.3, -0.25) is 9.20 Å². The SMILES string of the molecule is COc1cc(C)c(-c2nc3ccc(F)cn3c2Nc2ccc(F)cc2F)c(OCC(N)=O)c1. The molecular weight excluding hydrogens is 437 g/mol. The molecule has 0 aliphatic carbocycles. The van der Waals surface area contributed by atoms with Crippen LogP contribution in [-0.4, -0.2) is 29.0 Å². The van der Waals surface area contributed by atoms with Crippen LogP contribution in [0, 0.1) is 24.4 Å². The van der Waals surface area contributed by atoms with E-state index in [-0.39, 0.29) is 22.9 Å². The Balaban J connectivity index is 1.96. The number of hydrogen-bond acceptors (Lipinski definition) is 5. The molecule has 0 radical (unpaired) electrons. The number of benzene rings is 2. The Labute approximate surface area is 186 Å². The van der Waals surface area contributed by atoms with E-state index in [0.717, 1.165) is 12.1 Å². The van der Waals surface area contributed by atoms with Crippen molar-refractivity contribution in [2.75, 3.05) is 19.0 Å². The summed E-state index contributed by atoms with van der Waals surface area (Å²) in [4.78, 5) is 15.9. The molecule has 0 saturated heterocycles. The van der Waals surface area contributed by atoms with Gasteiger partial charge in [-0.25, -0.2) is 18.2 Å². The fraction of sp³-hybridized carbons (Fsp3) is 0.130. The van der Waals surface area contributed by atoms with Crippen LogP contribution in [0.5, 0.6) is 11.5 Å². The smallest absolute Gasteiger partial charge is 0.255 e. The van der Waals surface area contributed by atoms with Gasteiger partial charge in [0.15, 0.2) is 6.61 Å². The molecular formula is C23H19F3N4O3. The molecule has 2 heterocycles. The summed E-state index contributed by atoms with van der Waals surface area (Å²) in [5, 5.41) is 2.88. The highest BCUT2D eigenvalue weighted by Gasteiger charge is 2.23. The maximum atomic E-state index is 14.4. The Morgan fingerprint density at radius 2 is 1.88 bits per heavy atom. The number of nitrogens with one attached hydrogen (secondary N) is 1. The second-order valence-electron chi connectivity index (χ2n) is 7.21. The van der Waals surface area contributed by atoms with Crippen molar-refractivity contribution in [3.8, 4) is 22.8 Å². The van der Waals surface area contributed by atoms with Gasteiger partial charge in [0.05, 0.1) is 12.8 Å². The fourth-order valence-corrected chi connectivity index (χ4v) is 3.44. The Hall–Kier alpha value is -4.21. The van der Waals surface area contributed by atoms with Gasteiger partial charge in [-0.1, -0.05) is 0 Å². The first kappa shape index (κ1) is 22.0. The topological polar surface area (TPSA) is 90.9 Å². The molecule has 0 aliphatic rings. The number of imidazole rings is 1. The van der Waals surface area contributed by atoms with E-state index in [1.54, 1.807) is 19.1 Å². The van der Waals surface area contributed by atoms with Gasteiger partial charge >= 0.3 is 0 Å². The lowest BCUT2D eigenvalue weighted by Gasteiger charge is -2.16. The predicted octanol–water partition coefficient (Wildman–Crippen LogP) is 4.34. The number of amides is 1. The minimum atomic E-state index is -0.844. The molecule has 0 bridgehead atoms. The number of pyridine rings is 1. The molecule has 0 fully saturated rings. The molecule has 0 unspecified atom stereocenters. The second-order valence-corrected chi connectivity index (χ2v) is 7.21. The summed E-state index contributed by atoms with van der Waals surface area (Å²) in [5.41, 5.74) is 6.93. The van der Waals surface area contributed by atoms with Gasteiger partial charge in [-0.2, -0.15) is 0 Å². The predicted molar refractivity (Wildman–Crippen MR) is 116 cm³/mol. The minimum Gasteiger partial charge on any atom is -0.497 e. The molecule has 1 amide bonds. The summed E-state index contributed by atoms with van der Waals surface area (Å²) in [6.45, 7) is 1.36. The molecule has 7 nitrogen and oxygen atoms in total. The molecule has 33 heavy (non-hydrogen) atoms. The molecule has 2 aromatic carbocycles. The van der Waals surface area contributed by atoms with E-state index in [0.29, 0.717) is 22.5 Å². The van der Waals surface area contributed by atoms with Gasteiger partial charge in [0.1, 0.15) is 46.1 Å². The lowest BCUT2D eigenvalue weighted by Crippen LogP contribution is -2.20. The third-order valence-corrected chi connectivity index (χ3v) is 4.88. The van der Waals surface area contributed by atoms with E-state index in [4.69, 9.17) is 15.2 Å². The first-order valence-corrected chi connectivity index (χ1v) is 9.76. The summed E-state index contributed by atoms with van der Waals surface area (Å²) >= 11 is 0. The molecule has 10 heteroatoms.